The van der Waals surface area contributed by atoms with E-state index < -0.39 is 26.2 Å². The molecular formula is C25H31N5O6S2. The molecule has 1 atom stereocenters. The van der Waals surface area contributed by atoms with Gasteiger partial charge in [-0.25, -0.2) is 27.0 Å². The SMILES string of the molecule is Cc1ccc(S(=O)(=O)n2ccc3c2ncc2nc([C@@H](C)O)n(N4CCC(C)(COS(C)(=O)=O)CC4)c23)cc1. The smallest absolute Gasteiger partial charge is 0.269 e. The van der Waals surface area contributed by atoms with Gasteiger partial charge in [0.05, 0.1) is 24.0 Å². The van der Waals surface area contributed by atoms with Crippen LogP contribution in [-0.2, 0) is 24.3 Å². The van der Waals surface area contributed by atoms with Gasteiger partial charge in [-0.3, -0.25) is 4.18 Å². The van der Waals surface area contributed by atoms with E-state index in [4.69, 9.17) is 4.18 Å². The van der Waals surface area contributed by atoms with E-state index in [-0.39, 0.29) is 22.6 Å². The van der Waals surface area contributed by atoms with Crippen LogP contribution in [0.3, 0.4) is 0 Å². The first-order valence-electron chi connectivity index (χ1n) is 12.3. The fourth-order valence-corrected chi connectivity index (χ4v) is 6.63. The fourth-order valence-electron chi connectivity index (χ4n) is 4.83. The lowest BCUT2D eigenvalue weighted by atomic mass is 9.82. The molecule has 13 heteroatoms. The highest BCUT2D eigenvalue weighted by Gasteiger charge is 2.34. The number of aryl methyl sites for hydroxylation is 1. The van der Waals surface area contributed by atoms with Crippen LogP contribution in [0.4, 0.5) is 0 Å². The molecule has 5 rings (SSSR count). The zero-order valence-electron chi connectivity index (χ0n) is 21.7. The number of benzene rings is 1. The highest BCUT2D eigenvalue weighted by Crippen LogP contribution is 2.35. The minimum atomic E-state index is -3.89. The number of fused-ring (bicyclic) bond motifs is 3. The molecule has 0 radical (unpaired) electrons. The zero-order valence-corrected chi connectivity index (χ0v) is 23.3. The Labute approximate surface area is 221 Å². The van der Waals surface area contributed by atoms with Gasteiger partial charge in [0.2, 0.25) is 0 Å². The van der Waals surface area contributed by atoms with E-state index >= 15 is 0 Å². The first-order valence-corrected chi connectivity index (χ1v) is 15.5. The summed E-state index contributed by atoms with van der Waals surface area (Å²) in [5.41, 5.74) is 2.08. The molecule has 1 fully saturated rings. The quantitative estimate of drug-likeness (QED) is 0.338. The van der Waals surface area contributed by atoms with Crippen molar-refractivity contribution in [1.82, 2.24) is 18.6 Å². The van der Waals surface area contributed by atoms with Gasteiger partial charge in [0, 0.05) is 24.7 Å². The lowest BCUT2D eigenvalue weighted by molar-refractivity contribution is 0.127. The molecule has 0 unspecified atom stereocenters. The molecule has 4 heterocycles. The van der Waals surface area contributed by atoms with E-state index in [1.54, 1.807) is 37.3 Å². The van der Waals surface area contributed by atoms with E-state index in [1.165, 1.54) is 16.4 Å². The second kappa shape index (κ2) is 9.33. The molecule has 0 aliphatic carbocycles. The first-order chi connectivity index (χ1) is 17.8. The minimum absolute atomic E-state index is 0.0987. The summed E-state index contributed by atoms with van der Waals surface area (Å²) in [6.07, 6.45) is 4.47. The molecule has 4 aromatic rings. The van der Waals surface area contributed by atoms with Gasteiger partial charge in [-0.05, 0) is 50.3 Å². The van der Waals surface area contributed by atoms with Gasteiger partial charge in [-0.1, -0.05) is 24.6 Å². The van der Waals surface area contributed by atoms with E-state index in [9.17, 15) is 21.9 Å². The molecule has 0 spiro atoms. The summed E-state index contributed by atoms with van der Waals surface area (Å²) in [6.45, 7) is 6.73. The van der Waals surface area contributed by atoms with Crippen molar-refractivity contribution in [3.63, 3.8) is 0 Å². The maximum absolute atomic E-state index is 13.5. The molecule has 0 amide bonds. The second-order valence-electron chi connectivity index (χ2n) is 10.3. The average Bonchev–Trinajstić information content (AvgIpc) is 3.45. The van der Waals surface area contributed by atoms with Gasteiger partial charge in [0.25, 0.3) is 20.1 Å². The average molecular weight is 562 g/mol. The minimum Gasteiger partial charge on any atom is -0.385 e. The van der Waals surface area contributed by atoms with Crippen LogP contribution in [-0.4, -0.2) is 66.5 Å². The third-order valence-electron chi connectivity index (χ3n) is 7.10. The maximum Gasteiger partial charge on any atom is 0.269 e. The summed E-state index contributed by atoms with van der Waals surface area (Å²) < 4.78 is 58.0. The van der Waals surface area contributed by atoms with Crippen molar-refractivity contribution in [2.45, 2.75) is 44.6 Å². The second-order valence-corrected chi connectivity index (χ2v) is 13.8. The molecule has 0 saturated carbocycles. The molecule has 1 aliphatic heterocycles. The van der Waals surface area contributed by atoms with Crippen molar-refractivity contribution < 1.29 is 26.1 Å². The topological polar surface area (TPSA) is 137 Å². The van der Waals surface area contributed by atoms with Gasteiger partial charge in [-0.2, -0.15) is 8.42 Å². The Balaban J connectivity index is 1.57. The molecule has 1 saturated heterocycles. The molecule has 3 aromatic heterocycles. The monoisotopic (exact) mass is 561 g/mol. The number of rotatable bonds is 7. The Morgan fingerprint density at radius 3 is 2.37 bits per heavy atom. The van der Waals surface area contributed by atoms with Crippen molar-refractivity contribution in [2.75, 3.05) is 31.0 Å². The third-order valence-corrected chi connectivity index (χ3v) is 9.33. The number of imidazole rings is 1. The third kappa shape index (κ3) is 4.79. The van der Waals surface area contributed by atoms with Crippen molar-refractivity contribution in [3.05, 3.63) is 54.1 Å². The Hall–Kier alpha value is -3.00. The van der Waals surface area contributed by atoms with E-state index in [2.05, 4.69) is 9.97 Å². The van der Waals surface area contributed by atoms with Crippen molar-refractivity contribution in [1.29, 1.82) is 0 Å². The summed E-state index contributed by atoms with van der Waals surface area (Å²) in [7, 11) is -7.43. The van der Waals surface area contributed by atoms with Gasteiger partial charge < -0.3 is 10.1 Å². The Bertz CT molecular complexity index is 1720. The Kier molecular flexibility index (Phi) is 6.53. The van der Waals surface area contributed by atoms with Crippen LogP contribution in [0.15, 0.2) is 47.6 Å². The normalized spacial score (nSPS) is 17.3. The van der Waals surface area contributed by atoms with Crippen molar-refractivity contribution >= 4 is 42.2 Å². The molecular weight excluding hydrogens is 530 g/mol. The summed E-state index contributed by atoms with van der Waals surface area (Å²) in [4.78, 5) is 9.23. The number of piperidine rings is 1. The van der Waals surface area contributed by atoms with Crippen LogP contribution < -0.4 is 5.01 Å². The van der Waals surface area contributed by atoms with Crippen molar-refractivity contribution in [2.24, 2.45) is 5.41 Å². The summed E-state index contributed by atoms with van der Waals surface area (Å²) in [6, 6.07) is 8.35. The predicted molar refractivity (Wildman–Crippen MR) is 144 cm³/mol. The van der Waals surface area contributed by atoms with Gasteiger partial charge >= 0.3 is 0 Å². The highest BCUT2D eigenvalue weighted by molar-refractivity contribution is 7.90. The predicted octanol–water partition coefficient (Wildman–Crippen LogP) is 2.70. The first kappa shape index (κ1) is 26.6. The molecule has 11 nitrogen and oxygen atoms in total. The van der Waals surface area contributed by atoms with E-state index in [0.717, 1.165) is 11.8 Å². The van der Waals surface area contributed by atoms with Crippen LogP contribution >= 0.6 is 0 Å². The number of aliphatic hydroxyl groups excluding tert-OH is 1. The molecule has 1 aliphatic rings. The summed E-state index contributed by atoms with van der Waals surface area (Å²) in [5, 5.41) is 13.2. The molecule has 1 aromatic carbocycles. The standard InChI is InChI=1S/C25H31N5O6S2/c1-17-5-7-19(8-6-17)38(34,35)29-12-9-20-22-21(15-26-24(20)29)27-23(18(2)31)30(22)28-13-10-25(3,11-14-28)16-36-37(4,32)33/h5-9,12,15,18,31H,10-11,13-14,16H2,1-4H3/t18-/m1/s1. The van der Waals surface area contributed by atoms with Crippen LogP contribution in [0.1, 0.15) is 44.2 Å². The van der Waals surface area contributed by atoms with Crippen LogP contribution in [0, 0.1) is 12.3 Å². The van der Waals surface area contributed by atoms with E-state index in [0.29, 0.717) is 48.2 Å². The Morgan fingerprint density at radius 1 is 1.11 bits per heavy atom. The lowest BCUT2D eigenvalue weighted by Gasteiger charge is -2.41. The van der Waals surface area contributed by atoms with E-state index in [1.807, 2.05) is 23.5 Å². The van der Waals surface area contributed by atoms with Gasteiger partial charge in [0.15, 0.2) is 11.5 Å². The van der Waals surface area contributed by atoms with Crippen molar-refractivity contribution in [3.8, 4) is 0 Å². The maximum atomic E-state index is 13.5. The number of nitrogens with zero attached hydrogens (tertiary/aromatic N) is 5. The molecule has 204 valence electrons. The van der Waals surface area contributed by atoms with Crippen LogP contribution in [0.5, 0.6) is 0 Å². The number of aromatic nitrogens is 4. The molecule has 0 bridgehead atoms. The molecule has 1 N–H and O–H groups in total. The molecule has 38 heavy (non-hydrogen) atoms. The fraction of sp³-hybridized carbons (Fsp3) is 0.440. The lowest BCUT2D eigenvalue weighted by Crippen LogP contribution is -2.47. The highest BCUT2D eigenvalue weighted by atomic mass is 32.2. The number of hydrogen-bond donors (Lipinski definition) is 1. The number of hydrogen-bond acceptors (Lipinski definition) is 9. The summed E-state index contributed by atoms with van der Waals surface area (Å²) >= 11 is 0. The van der Waals surface area contributed by atoms with Crippen LogP contribution in [0.2, 0.25) is 0 Å². The number of aliphatic hydroxyl groups is 1. The van der Waals surface area contributed by atoms with Crippen LogP contribution in [0.25, 0.3) is 22.1 Å². The van der Waals surface area contributed by atoms with Gasteiger partial charge in [0.1, 0.15) is 17.1 Å². The Morgan fingerprint density at radius 2 is 1.76 bits per heavy atom. The largest absolute Gasteiger partial charge is 0.385 e. The zero-order chi connectivity index (χ0) is 27.5. The number of pyridine rings is 1. The van der Waals surface area contributed by atoms with Gasteiger partial charge in [-0.15, -0.1) is 0 Å². The summed E-state index contributed by atoms with van der Waals surface area (Å²) in [5.74, 6) is 0.416.